The van der Waals surface area contributed by atoms with Gasteiger partial charge in [0, 0.05) is 11.7 Å². The smallest absolute Gasteiger partial charge is 0.0522 e. The van der Waals surface area contributed by atoms with E-state index in [2.05, 4.69) is 59.7 Å². The molecule has 96 valence electrons. The van der Waals surface area contributed by atoms with Crippen LogP contribution in [-0.4, -0.2) is 16.7 Å². The highest BCUT2D eigenvalue weighted by Crippen LogP contribution is 2.11. The van der Waals surface area contributed by atoms with Gasteiger partial charge in [-0.15, -0.1) is 0 Å². The summed E-state index contributed by atoms with van der Waals surface area (Å²) in [6, 6.07) is 11.0. The molecule has 1 aromatic heterocycles. The van der Waals surface area contributed by atoms with Crippen molar-refractivity contribution in [2.24, 2.45) is 0 Å². The van der Waals surface area contributed by atoms with Crippen molar-refractivity contribution in [3.63, 3.8) is 0 Å². The molecule has 3 nitrogen and oxygen atoms in total. The highest BCUT2D eigenvalue weighted by molar-refractivity contribution is 5.18. The van der Waals surface area contributed by atoms with Crippen LogP contribution >= 0.6 is 0 Å². The van der Waals surface area contributed by atoms with Crippen LogP contribution in [0.4, 0.5) is 0 Å². The van der Waals surface area contributed by atoms with Crippen LogP contribution in [-0.2, 0) is 6.42 Å². The fourth-order valence-electron chi connectivity index (χ4n) is 2.08. The van der Waals surface area contributed by atoms with Gasteiger partial charge in [-0.3, -0.25) is 5.10 Å². The molecule has 18 heavy (non-hydrogen) atoms. The lowest BCUT2D eigenvalue weighted by Gasteiger charge is -2.13. The summed E-state index contributed by atoms with van der Waals surface area (Å²) in [5.74, 6) is 0. The number of nitrogens with zero attached hydrogens (tertiary/aromatic N) is 1. The van der Waals surface area contributed by atoms with Crippen molar-refractivity contribution in [3.05, 3.63) is 53.3 Å². The van der Waals surface area contributed by atoms with Crippen molar-refractivity contribution >= 4 is 0 Å². The predicted molar refractivity (Wildman–Crippen MR) is 74.5 cm³/mol. The SMILES string of the molecule is Cc1[nH]ncc1CCCNC(C)c1ccccc1. The first-order chi connectivity index (χ1) is 8.77. The molecule has 1 aromatic carbocycles. The van der Waals surface area contributed by atoms with Crippen LogP contribution in [0, 0.1) is 6.92 Å². The number of aryl methyl sites for hydroxylation is 2. The fourth-order valence-corrected chi connectivity index (χ4v) is 2.08. The monoisotopic (exact) mass is 243 g/mol. The molecule has 2 N–H and O–H groups in total. The van der Waals surface area contributed by atoms with Crippen molar-refractivity contribution in [2.75, 3.05) is 6.54 Å². The molecule has 0 aliphatic carbocycles. The van der Waals surface area contributed by atoms with Crippen LogP contribution in [0.25, 0.3) is 0 Å². The summed E-state index contributed by atoms with van der Waals surface area (Å²) >= 11 is 0. The van der Waals surface area contributed by atoms with Gasteiger partial charge >= 0.3 is 0 Å². The third kappa shape index (κ3) is 3.44. The first-order valence-electron chi connectivity index (χ1n) is 6.54. The van der Waals surface area contributed by atoms with Gasteiger partial charge in [0.2, 0.25) is 0 Å². The summed E-state index contributed by atoms with van der Waals surface area (Å²) in [4.78, 5) is 0. The Balaban J connectivity index is 1.71. The Bertz CT molecular complexity index is 462. The highest BCUT2D eigenvalue weighted by Gasteiger charge is 2.04. The van der Waals surface area contributed by atoms with Crippen molar-refractivity contribution < 1.29 is 0 Å². The zero-order valence-electron chi connectivity index (χ0n) is 11.1. The van der Waals surface area contributed by atoms with Gasteiger partial charge < -0.3 is 5.32 Å². The third-order valence-corrected chi connectivity index (χ3v) is 3.31. The zero-order chi connectivity index (χ0) is 12.8. The molecule has 1 heterocycles. The number of benzene rings is 1. The Morgan fingerprint density at radius 2 is 2.06 bits per heavy atom. The molecule has 2 aromatic rings. The molecule has 0 aliphatic heterocycles. The molecule has 0 radical (unpaired) electrons. The van der Waals surface area contributed by atoms with E-state index in [9.17, 15) is 0 Å². The number of hydrogen-bond acceptors (Lipinski definition) is 2. The van der Waals surface area contributed by atoms with E-state index >= 15 is 0 Å². The molecular weight excluding hydrogens is 222 g/mol. The molecule has 0 saturated carbocycles. The van der Waals surface area contributed by atoms with Crippen LogP contribution in [0.1, 0.15) is 36.2 Å². The number of rotatable bonds is 6. The molecule has 2 rings (SSSR count). The van der Waals surface area contributed by atoms with E-state index in [-0.39, 0.29) is 0 Å². The van der Waals surface area contributed by atoms with Gasteiger partial charge in [0.25, 0.3) is 0 Å². The molecule has 3 heteroatoms. The Kier molecular flexibility index (Phi) is 4.53. The summed E-state index contributed by atoms with van der Waals surface area (Å²) in [5, 5.41) is 10.6. The Labute approximate surface area is 109 Å². The second-order valence-electron chi connectivity index (χ2n) is 4.71. The van der Waals surface area contributed by atoms with Crippen LogP contribution in [0.15, 0.2) is 36.5 Å². The maximum Gasteiger partial charge on any atom is 0.0522 e. The average Bonchev–Trinajstić information content (AvgIpc) is 2.81. The van der Waals surface area contributed by atoms with Crippen molar-refractivity contribution in [1.29, 1.82) is 0 Å². The highest BCUT2D eigenvalue weighted by atomic mass is 15.1. The standard InChI is InChI=1S/C15H21N3/c1-12(14-7-4-3-5-8-14)16-10-6-9-15-11-17-18-13(15)2/h3-5,7-8,11-12,16H,6,9-10H2,1-2H3,(H,17,18). The van der Waals surface area contributed by atoms with Crippen LogP contribution in [0.2, 0.25) is 0 Å². The molecule has 0 saturated heterocycles. The van der Waals surface area contributed by atoms with E-state index < -0.39 is 0 Å². The predicted octanol–water partition coefficient (Wildman–Crippen LogP) is 3.00. The molecular formula is C15H21N3. The van der Waals surface area contributed by atoms with Gasteiger partial charge in [0.15, 0.2) is 0 Å². The van der Waals surface area contributed by atoms with Crippen molar-refractivity contribution in [1.82, 2.24) is 15.5 Å². The third-order valence-electron chi connectivity index (χ3n) is 3.31. The lowest BCUT2D eigenvalue weighted by atomic mass is 10.1. The molecule has 1 unspecified atom stereocenters. The molecule has 0 bridgehead atoms. The van der Waals surface area contributed by atoms with Crippen molar-refractivity contribution in [3.8, 4) is 0 Å². The van der Waals surface area contributed by atoms with Crippen molar-refractivity contribution in [2.45, 2.75) is 32.7 Å². The summed E-state index contributed by atoms with van der Waals surface area (Å²) in [6.07, 6.45) is 4.14. The van der Waals surface area contributed by atoms with Gasteiger partial charge in [0.05, 0.1) is 6.20 Å². The quantitative estimate of drug-likeness (QED) is 0.766. The van der Waals surface area contributed by atoms with Gasteiger partial charge in [-0.1, -0.05) is 30.3 Å². The first-order valence-corrected chi connectivity index (χ1v) is 6.54. The molecule has 0 spiro atoms. The maximum atomic E-state index is 4.04. The van der Waals surface area contributed by atoms with E-state index in [1.54, 1.807) is 0 Å². The van der Waals surface area contributed by atoms with Gasteiger partial charge in [-0.2, -0.15) is 5.10 Å². The molecule has 1 atom stereocenters. The molecule has 0 amide bonds. The normalized spacial score (nSPS) is 12.6. The first kappa shape index (κ1) is 12.8. The minimum atomic E-state index is 0.414. The maximum absolute atomic E-state index is 4.04. The van der Waals surface area contributed by atoms with E-state index in [0.717, 1.165) is 19.4 Å². The fraction of sp³-hybridized carbons (Fsp3) is 0.400. The number of aromatic amines is 1. The number of nitrogens with one attached hydrogen (secondary N) is 2. The van der Waals surface area contributed by atoms with E-state index in [1.165, 1.54) is 16.8 Å². The summed E-state index contributed by atoms with van der Waals surface area (Å²) in [6.45, 7) is 5.31. The van der Waals surface area contributed by atoms with E-state index in [0.29, 0.717) is 6.04 Å². The summed E-state index contributed by atoms with van der Waals surface area (Å²) in [7, 11) is 0. The van der Waals surface area contributed by atoms with Crippen LogP contribution < -0.4 is 5.32 Å². The van der Waals surface area contributed by atoms with Gasteiger partial charge in [-0.25, -0.2) is 0 Å². The van der Waals surface area contributed by atoms with Gasteiger partial charge in [0.1, 0.15) is 0 Å². The minimum Gasteiger partial charge on any atom is -0.310 e. The lowest BCUT2D eigenvalue weighted by molar-refractivity contribution is 0.558. The average molecular weight is 243 g/mol. The van der Waals surface area contributed by atoms with Crippen LogP contribution in [0.5, 0.6) is 0 Å². The Hall–Kier alpha value is -1.61. The van der Waals surface area contributed by atoms with Crippen LogP contribution in [0.3, 0.4) is 0 Å². The summed E-state index contributed by atoms with van der Waals surface area (Å²) in [5.41, 5.74) is 3.85. The number of H-pyrrole nitrogens is 1. The number of hydrogen-bond donors (Lipinski definition) is 2. The van der Waals surface area contributed by atoms with E-state index in [1.807, 2.05) is 6.20 Å². The Morgan fingerprint density at radius 3 is 2.72 bits per heavy atom. The topological polar surface area (TPSA) is 40.7 Å². The second-order valence-corrected chi connectivity index (χ2v) is 4.71. The zero-order valence-corrected chi connectivity index (χ0v) is 11.1. The Morgan fingerprint density at radius 1 is 1.28 bits per heavy atom. The largest absolute Gasteiger partial charge is 0.310 e. The lowest BCUT2D eigenvalue weighted by Crippen LogP contribution is -2.20. The van der Waals surface area contributed by atoms with Gasteiger partial charge in [-0.05, 0) is 44.4 Å². The van der Waals surface area contributed by atoms with E-state index in [4.69, 9.17) is 0 Å². The number of aromatic nitrogens is 2. The molecule has 0 fully saturated rings. The summed E-state index contributed by atoms with van der Waals surface area (Å²) < 4.78 is 0. The minimum absolute atomic E-state index is 0.414. The molecule has 0 aliphatic rings. The second kappa shape index (κ2) is 6.36.